The maximum absolute atomic E-state index is 5.96. The second-order valence-electron chi connectivity index (χ2n) is 4.22. The largest absolute Gasteiger partial charge is 0.484 e. The Balaban J connectivity index is 1.68. The summed E-state index contributed by atoms with van der Waals surface area (Å²) in [6.07, 6.45) is 0. The molecule has 0 bridgehead atoms. The van der Waals surface area contributed by atoms with Crippen LogP contribution in [0.2, 0.25) is 5.02 Å². The Morgan fingerprint density at radius 2 is 2.25 bits per heavy atom. The fraction of sp³-hybridized carbons (Fsp3) is 0.143. The number of benzene rings is 1. The number of thiophene rings is 1. The molecule has 0 saturated heterocycles. The second kappa shape index (κ2) is 5.64. The molecule has 3 rings (SSSR count). The van der Waals surface area contributed by atoms with Crippen molar-refractivity contribution in [2.45, 2.75) is 13.5 Å². The maximum atomic E-state index is 5.96. The standard InChI is InChI=1S/C14H11ClN2O2S/c1-9-6-11(2-3-12(9)15)18-7-13-16-14(17-19-13)10-4-5-20-8-10/h2-6,8H,7H2,1H3. The summed E-state index contributed by atoms with van der Waals surface area (Å²) in [6.45, 7) is 2.16. The minimum atomic E-state index is 0.234. The number of aryl methyl sites for hydroxylation is 1. The van der Waals surface area contributed by atoms with Crippen LogP contribution in [0.3, 0.4) is 0 Å². The van der Waals surface area contributed by atoms with Gasteiger partial charge in [0.15, 0.2) is 6.61 Å². The van der Waals surface area contributed by atoms with Crippen LogP contribution in [-0.4, -0.2) is 10.1 Å². The van der Waals surface area contributed by atoms with Crippen LogP contribution in [0, 0.1) is 6.92 Å². The highest BCUT2D eigenvalue weighted by molar-refractivity contribution is 7.08. The third-order valence-electron chi connectivity index (χ3n) is 2.74. The van der Waals surface area contributed by atoms with Gasteiger partial charge in [-0.25, -0.2) is 0 Å². The molecule has 0 amide bonds. The molecule has 6 heteroatoms. The van der Waals surface area contributed by atoms with E-state index in [4.69, 9.17) is 20.9 Å². The van der Waals surface area contributed by atoms with Gasteiger partial charge in [0.2, 0.25) is 5.82 Å². The highest BCUT2D eigenvalue weighted by atomic mass is 35.5. The predicted octanol–water partition coefficient (Wildman–Crippen LogP) is 4.34. The average Bonchev–Trinajstić information content (AvgIpc) is 3.09. The van der Waals surface area contributed by atoms with Gasteiger partial charge in [0.05, 0.1) is 0 Å². The monoisotopic (exact) mass is 306 g/mol. The van der Waals surface area contributed by atoms with Crippen molar-refractivity contribution in [3.8, 4) is 17.1 Å². The Morgan fingerprint density at radius 1 is 1.35 bits per heavy atom. The van der Waals surface area contributed by atoms with Gasteiger partial charge in [-0.3, -0.25) is 0 Å². The number of nitrogens with zero attached hydrogens (tertiary/aromatic N) is 2. The van der Waals surface area contributed by atoms with Gasteiger partial charge in [-0.1, -0.05) is 16.8 Å². The van der Waals surface area contributed by atoms with E-state index in [2.05, 4.69) is 10.1 Å². The van der Waals surface area contributed by atoms with E-state index < -0.39 is 0 Å². The normalized spacial score (nSPS) is 10.7. The van der Waals surface area contributed by atoms with Crippen LogP contribution >= 0.6 is 22.9 Å². The van der Waals surface area contributed by atoms with Crippen LogP contribution in [0.15, 0.2) is 39.5 Å². The van der Waals surface area contributed by atoms with Gasteiger partial charge >= 0.3 is 0 Å². The third-order valence-corrected chi connectivity index (χ3v) is 3.85. The number of hydrogen-bond donors (Lipinski definition) is 0. The van der Waals surface area contributed by atoms with Gasteiger partial charge in [0, 0.05) is 16.0 Å². The Bertz CT molecular complexity index is 710. The average molecular weight is 307 g/mol. The molecule has 0 aliphatic heterocycles. The predicted molar refractivity (Wildman–Crippen MR) is 78.1 cm³/mol. The van der Waals surface area contributed by atoms with Crippen LogP contribution < -0.4 is 4.74 Å². The molecule has 0 radical (unpaired) electrons. The fourth-order valence-corrected chi connectivity index (χ4v) is 2.43. The van der Waals surface area contributed by atoms with Crippen LogP contribution in [0.1, 0.15) is 11.5 Å². The highest BCUT2D eigenvalue weighted by Gasteiger charge is 2.09. The van der Waals surface area contributed by atoms with Gasteiger partial charge in [0.1, 0.15) is 5.75 Å². The lowest BCUT2D eigenvalue weighted by atomic mass is 10.2. The quantitative estimate of drug-likeness (QED) is 0.719. The first-order valence-corrected chi connectivity index (χ1v) is 7.28. The topological polar surface area (TPSA) is 48.2 Å². The summed E-state index contributed by atoms with van der Waals surface area (Å²) in [6, 6.07) is 7.43. The molecule has 0 fully saturated rings. The van der Waals surface area contributed by atoms with Crippen molar-refractivity contribution in [3.05, 3.63) is 51.5 Å². The third kappa shape index (κ3) is 2.84. The smallest absolute Gasteiger partial charge is 0.264 e. The SMILES string of the molecule is Cc1cc(OCc2nc(-c3ccsc3)no2)ccc1Cl. The van der Waals surface area contributed by atoms with Crippen molar-refractivity contribution in [1.29, 1.82) is 0 Å². The molecule has 102 valence electrons. The molecule has 0 unspecified atom stereocenters. The van der Waals surface area contributed by atoms with Crippen LogP contribution in [0.25, 0.3) is 11.4 Å². The molecule has 1 aromatic carbocycles. The van der Waals surface area contributed by atoms with E-state index in [1.165, 1.54) is 0 Å². The van der Waals surface area contributed by atoms with Gasteiger partial charge < -0.3 is 9.26 Å². The van der Waals surface area contributed by atoms with E-state index in [9.17, 15) is 0 Å². The highest BCUT2D eigenvalue weighted by Crippen LogP contribution is 2.22. The van der Waals surface area contributed by atoms with E-state index in [-0.39, 0.29) is 6.61 Å². The number of rotatable bonds is 4. The first-order valence-electron chi connectivity index (χ1n) is 5.96. The summed E-state index contributed by atoms with van der Waals surface area (Å²) in [5, 5.41) is 8.58. The molecule has 2 heterocycles. The minimum Gasteiger partial charge on any atom is -0.484 e. The molecule has 0 aliphatic carbocycles. The Morgan fingerprint density at radius 3 is 3.00 bits per heavy atom. The van der Waals surface area contributed by atoms with Crippen LogP contribution in [0.5, 0.6) is 5.75 Å². The van der Waals surface area contributed by atoms with Crippen molar-refractivity contribution < 1.29 is 9.26 Å². The zero-order chi connectivity index (χ0) is 13.9. The summed E-state index contributed by atoms with van der Waals surface area (Å²) in [7, 11) is 0. The molecular formula is C14H11ClN2O2S. The molecule has 2 aromatic heterocycles. The Kier molecular flexibility index (Phi) is 3.71. The fourth-order valence-electron chi connectivity index (χ4n) is 1.67. The van der Waals surface area contributed by atoms with Crippen molar-refractivity contribution in [2.24, 2.45) is 0 Å². The van der Waals surface area contributed by atoms with Gasteiger partial charge in [-0.15, -0.1) is 0 Å². The molecule has 20 heavy (non-hydrogen) atoms. The minimum absolute atomic E-state index is 0.234. The molecule has 0 saturated carbocycles. The van der Waals surface area contributed by atoms with Crippen LogP contribution in [0.4, 0.5) is 0 Å². The first-order chi connectivity index (χ1) is 9.72. The van der Waals surface area contributed by atoms with Crippen LogP contribution in [-0.2, 0) is 6.61 Å². The maximum Gasteiger partial charge on any atom is 0.264 e. The summed E-state index contributed by atoms with van der Waals surface area (Å²) < 4.78 is 10.8. The van der Waals surface area contributed by atoms with Crippen molar-refractivity contribution >= 4 is 22.9 Å². The number of ether oxygens (including phenoxy) is 1. The lowest BCUT2D eigenvalue weighted by molar-refractivity contribution is 0.243. The molecule has 0 aliphatic rings. The van der Waals surface area contributed by atoms with Crippen molar-refractivity contribution in [1.82, 2.24) is 10.1 Å². The molecule has 4 nitrogen and oxygen atoms in total. The van der Waals surface area contributed by atoms with Gasteiger partial charge in [-0.2, -0.15) is 16.3 Å². The van der Waals surface area contributed by atoms with Gasteiger partial charge in [-0.05, 0) is 42.1 Å². The number of aromatic nitrogens is 2. The summed E-state index contributed by atoms with van der Waals surface area (Å²) >= 11 is 7.55. The van der Waals surface area contributed by atoms with E-state index in [1.54, 1.807) is 17.4 Å². The molecule has 0 spiro atoms. The van der Waals surface area contributed by atoms with Crippen molar-refractivity contribution in [3.63, 3.8) is 0 Å². The molecular weight excluding hydrogens is 296 g/mol. The molecule has 0 N–H and O–H groups in total. The zero-order valence-corrected chi connectivity index (χ0v) is 12.2. The molecule has 0 atom stereocenters. The van der Waals surface area contributed by atoms with E-state index in [0.29, 0.717) is 11.7 Å². The van der Waals surface area contributed by atoms with Crippen molar-refractivity contribution in [2.75, 3.05) is 0 Å². The molecule has 3 aromatic rings. The Hall–Kier alpha value is -1.85. The van der Waals surface area contributed by atoms with Gasteiger partial charge in [0.25, 0.3) is 5.89 Å². The lowest BCUT2D eigenvalue weighted by Gasteiger charge is -2.04. The summed E-state index contributed by atoms with van der Waals surface area (Å²) in [5.74, 6) is 1.75. The first kappa shape index (κ1) is 13.1. The summed E-state index contributed by atoms with van der Waals surface area (Å²) in [5.41, 5.74) is 1.92. The van der Waals surface area contributed by atoms with E-state index in [1.807, 2.05) is 35.9 Å². The second-order valence-corrected chi connectivity index (χ2v) is 5.41. The van der Waals surface area contributed by atoms with E-state index >= 15 is 0 Å². The Labute approximate surface area is 125 Å². The summed E-state index contributed by atoms with van der Waals surface area (Å²) in [4.78, 5) is 4.29. The van der Waals surface area contributed by atoms with E-state index in [0.717, 1.165) is 21.9 Å². The zero-order valence-electron chi connectivity index (χ0n) is 10.7. The number of hydrogen-bond acceptors (Lipinski definition) is 5. The number of halogens is 1. The lowest BCUT2D eigenvalue weighted by Crippen LogP contribution is -1.96.